The molecule has 0 saturated carbocycles. The third-order valence-electron chi connectivity index (χ3n) is 3.70. The fourth-order valence-corrected chi connectivity index (χ4v) is 2.57. The molecule has 0 bridgehead atoms. The van der Waals surface area contributed by atoms with E-state index in [0.717, 1.165) is 16.5 Å². The van der Waals surface area contributed by atoms with Crippen LogP contribution in [0, 0.1) is 5.41 Å². The highest BCUT2D eigenvalue weighted by Gasteiger charge is 2.32. The summed E-state index contributed by atoms with van der Waals surface area (Å²) < 4.78 is 11.5. The van der Waals surface area contributed by atoms with Gasteiger partial charge in [0.25, 0.3) is 0 Å². The Kier molecular flexibility index (Phi) is 3.84. The van der Waals surface area contributed by atoms with Crippen molar-refractivity contribution in [1.29, 1.82) is 0 Å². The van der Waals surface area contributed by atoms with Gasteiger partial charge in [-0.25, -0.2) is 0 Å². The first-order chi connectivity index (χ1) is 8.51. The van der Waals surface area contributed by atoms with E-state index in [1.807, 2.05) is 26.0 Å². The smallest absolute Gasteiger partial charge is 0.231 e. The van der Waals surface area contributed by atoms with E-state index in [2.05, 4.69) is 15.9 Å². The fraction of sp³-hybridized carbons (Fsp3) is 0.538. The van der Waals surface area contributed by atoms with Gasteiger partial charge in [-0.1, -0.05) is 13.8 Å². The largest absolute Gasteiger partial charge is 0.454 e. The van der Waals surface area contributed by atoms with Crippen molar-refractivity contribution < 1.29 is 14.6 Å². The number of aliphatic hydroxyl groups excluding tert-OH is 1. The van der Waals surface area contributed by atoms with Crippen molar-refractivity contribution in [2.45, 2.75) is 26.4 Å². The number of nitrogens with two attached hydrogens (primary N) is 1. The molecule has 1 aromatic carbocycles. The Balaban J connectivity index is 2.37. The molecule has 0 spiro atoms. The van der Waals surface area contributed by atoms with E-state index < -0.39 is 6.10 Å². The van der Waals surface area contributed by atoms with Crippen LogP contribution >= 0.6 is 15.9 Å². The molecule has 2 unspecified atom stereocenters. The molecule has 0 aliphatic carbocycles. The second-order valence-electron chi connectivity index (χ2n) is 4.85. The topological polar surface area (TPSA) is 64.7 Å². The minimum atomic E-state index is -0.627. The van der Waals surface area contributed by atoms with Crippen LogP contribution in [0.1, 0.15) is 31.9 Å². The Morgan fingerprint density at radius 1 is 1.50 bits per heavy atom. The van der Waals surface area contributed by atoms with E-state index in [4.69, 9.17) is 15.2 Å². The zero-order valence-corrected chi connectivity index (χ0v) is 12.2. The van der Waals surface area contributed by atoms with Crippen molar-refractivity contribution >= 4 is 15.9 Å². The zero-order chi connectivity index (χ0) is 13.3. The Bertz CT molecular complexity index is 446. The van der Waals surface area contributed by atoms with E-state index in [-0.39, 0.29) is 12.2 Å². The highest BCUT2D eigenvalue weighted by atomic mass is 79.9. The summed E-state index contributed by atoms with van der Waals surface area (Å²) in [5, 5.41) is 10.5. The van der Waals surface area contributed by atoms with Crippen LogP contribution in [0.4, 0.5) is 0 Å². The predicted octanol–water partition coefficient (Wildman–Crippen LogP) is 2.59. The predicted molar refractivity (Wildman–Crippen MR) is 72.7 cm³/mol. The molecule has 100 valence electrons. The van der Waals surface area contributed by atoms with E-state index >= 15 is 0 Å². The molecule has 0 aromatic heterocycles. The molecule has 1 aliphatic heterocycles. The molecule has 4 nitrogen and oxygen atoms in total. The molecule has 18 heavy (non-hydrogen) atoms. The molecule has 0 radical (unpaired) electrons. The van der Waals surface area contributed by atoms with Crippen LogP contribution in [0.25, 0.3) is 0 Å². The third kappa shape index (κ3) is 2.22. The van der Waals surface area contributed by atoms with Gasteiger partial charge in [-0.15, -0.1) is 0 Å². The van der Waals surface area contributed by atoms with Crippen molar-refractivity contribution in [3.05, 3.63) is 22.2 Å². The van der Waals surface area contributed by atoms with Crippen molar-refractivity contribution in [1.82, 2.24) is 0 Å². The second kappa shape index (κ2) is 5.07. The number of fused-ring (bicyclic) bond motifs is 1. The molecule has 1 aliphatic rings. The first-order valence-electron chi connectivity index (χ1n) is 5.99. The van der Waals surface area contributed by atoms with Gasteiger partial charge in [0.2, 0.25) is 6.79 Å². The van der Waals surface area contributed by atoms with Crippen LogP contribution in [0.2, 0.25) is 0 Å². The van der Waals surface area contributed by atoms with E-state index in [1.165, 1.54) is 0 Å². The Morgan fingerprint density at radius 2 is 2.22 bits per heavy atom. The Labute approximate surface area is 115 Å². The van der Waals surface area contributed by atoms with Gasteiger partial charge in [0.15, 0.2) is 11.5 Å². The number of benzene rings is 1. The molecule has 5 heteroatoms. The van der Waals surface area contributed by atoms with Crippen LogP contribution in [-0.4, -0.2) is 18.4 Å². The van der Waals surface area contributed by atoms with E-state index in [1.54, 1.807) is 0 Å². The molecule has 0 fully saturated rings. The first kappa shape index (κ1) is 13.6. The molecule has 0 saturated heterocycles. The maximum atomic E-state index is 10.5. The van der Waals surface area contributed by atoms with Crippen LogP contribution in [0.15, 0.2) is 16.6 Å². The molecular weight excluding hydrogens is 298 g/mol. The highest BCUT2D eigenvalue weighted by Crippen LogP contribution is 2.44. The third-order valence-corrected chi connectivity index (χ3v) is 4.29. The summed E-state index contributed by atoms with van der Waals surface area (Å²) >= 11 is 3.43. The standard InChI is InChI=1S/C13H18BrNO3/c1-3-13(2,6-15)12(16)8-4-9(14)11-10(5-8)17-7-18-11/h4-5,12,16H,3,6-7,15H2,1-2H3. The van der Waals surface area contributed by atoms with Crippen molar-refractivity contribution in [2.24, 2.45) is 11.1 Å². The summed E-state index contributed by atoms with van der Waals surface area (Å²) in [6.07, 6.45) is 0.176. The molecule has 2 rings (SSSR count). The van der Waals surface area contributed by atoms with E-state index in [9.17, 15) is 5.11 Å². The summed E-state index contributed by atoms with van der Waals surface area (Å²) in [7, 11) is 0. The number of hydrogen-bond acceptors (Lipinski definition) is 4. The highest BCUT2D eigenvalue weighted by molar-refractivity contribution is 9.10. The van der Waals surface area contributed by atoms with Crippen LogP contribution in [0.3, 0.4) is 0 Å². The fourth-order valence-electron chi connectivity index (χ4n) is 2.00. The monoisotopic (exact) mass is 315 g/mol. The van der Waals surface area contributed by atoms with Gasteiger partial charge in [-0.05, 0) is 40.0 Å². The maximum Gasteiger partial charge on any atom is 0.231 e. The lowest BCUT2D eigenvalue weighted by Gasteiger charge is -2.32. The van der Waals surface area contributed by atoms with Gasteiger partial charge in [0.05, 0.1) is 10.6 Å². The van der Waals surface area contributed by atoms with Crippen LogP contribution < -0.4 is 15.2 Å². The van der Waals surface area contributed by atoms with Gasteiger partial charge in [-0.3, -0.25) is 0 Å². The number of hydrogen-bond donors (Lipinski definition) is 2. The van der Waals surface area contributed by atoms with Crippen molar-refractivity contribution in [3.63, 3.8) is 0 Å². The average Bonchev–Trinajstić information content (AvgIpc) is 2.85. The molecule has 1 heterocycles. The van der Waals surface area contributed by atoms with E-state index in [0.29, 0.717) is 18.0 Å². The van der Waals surface area contributed by atoms with Crippen molar-refractivity contribution in [2.75, 3.05) is 13.3 Å². The molecule has 3 N–H and O–H groups in total. The SMILES string of the molecule is CCC(C)(CN)C(O)c1cc(Br)c2c(c1)OCO2. The summed E-state index contributed by atoms with van der Waals surface area (Å²) in [5.41, 5.74) is 6.23. The zero-order valence-electron chi connectivity index (χ0n) is 10.6. The number of ether oxygens (including phenoxy) is 2. The Hall–Kier alpha value is -0.780. The second-order valence-corrected chi connectivity index (χ2v) is 5.71. The van der Waals surface area contributed by atoms with Gasteiger partial charge < -0.3 is 20.3 Å². The Morgan fingerprint density at radius 3 is 2.83 bits per heavy atom. The van der Waals surface area contributed by atoms with Gasteiger partial charge >= 0.3 is 0 Å². The minimum absolute atomic E-state index is 0.218. The lowest BCUT2D eigenvalue weighted by molar-refractivity contribution is 0.0390. The average molecular weight is 316 g/mol. The summed E-state index contributed by atoms with van der Waals surface area (Å²) in [6, 6.07) is 3.68. The number of rotatable bonds is 4. The molecule has 0 amide bonds. The molecule has 1 aromatic rings. The molecule has 2 atom stereocenters. The van der Waals surface area contributed by atoms with Crippen LogP contribution in [-0.2, 0) is 0 Å². The quantitative estimate of drug-likeness (QED) is 0.896. The van der Waals surface area contributed by atoms with Gasteiger partial charge in [0.1, 0.15) is 0 Å². The number of halogens is 1. The van der Waals surface area contributed by atoms with Gasteiger partial charge in [0, 0.05) is 12.0 Å². The first-order valence-corrected chi connectivity index (χ1v) is 6.78. The van der Waals surface area contributed by atoms with Gasteiger partial charge in [-0.2, -0.15) is 0 Å². The maximum absolute atomic E-state index is 10.5. The number of aliphatic hydroxyl groups is 1. The summed E-state index contributed by atoms with van der Waals surface area (Å²) in [5.74, 6) is 1.35. The normalized spacial score (nSPS) is 18.5. The summed E-state index contributed by atoms with van der Waals surface area (Å²) in [6.45, 7) is 4.65. The lowest BCUT2D eigenvalue weighted by Crippen LogP contribution is -2.33. The lowest BCUT2D eigenvalue weighted by atomic mass is 9.78. The summed E-state index contributed by atoms with van der Waals surface area (Å²) in [4.78, 5) is 0. The molecular formula is C13H18BrNO3. The minimum Gasteiger partial charge on any atom is -0.454 e. The van der Waals surface area contributed by atoms with Crippen LogP contribution in [0.5, 0.6) is 11.5 Å². The van der Waals surface area contributed by atoms with Crippen molar-refractivity contribution in [3.8, 4) is 11.5 Å².